The maximum absolute atomic E-state index is 13.3. The SMILES string of the molecule is CCCCCCCCC(O)Cc1cccc(F)c1Br. The smallest absolute Gasteiger partial charge is 0.137 e. The molecule has 1 nitrogen and oxygen atoms in total. The second kappa shape index (κ2) is 9.49. The van der Waals surface area contributed by atoms with Crippen molar-refractivity contribution < 1.29 is 9.50 Å². The van der Waals surface area contributed by atoms with Crippen molar-refractivity contribution in [2.45, 2.75) is 64.4 Å². The number of halogens is 2. The van der Waals surface area contributed by atoms with Crippen molar-refractivity contribution in [3.05, 3.63) is 34.1 Å². The molecule has 0 radical (unpaired) electrons. The Labute approximate surface area is 124 Å². The third-order valence-electron chi connectivity index (χ3n) is 3.38. The van der Waals surface area contributed by atoms with Crippen LogP contribution >= 0.6 is 15.9 Å². The highest BCUT2D eigenvalue weighted by atomic mass is 79.9. The molecule has 108 valence electrons. The van der Waals surface area contributed by atoms with Crippen LogP contribution in [0.4, 0.5) is 4.39 Å². The first-order chi connectivity index (χ1) is 9.15. The van der Waals surface area contributed by atoms with Gasteiger partial charge in [0.25, 0.3) is 0 Å². The fourth-order valence-corrected chi connectivity index (χ4v) is 2.65. The fraction of sp³-hybridized carbons (Fsp3) is 0.625. The van der Waals surface area contributed by atoms with Gasteiger partial charge in [0.2, 0.25) is 0 Å². The fourth-order valence-electron chi connectivity index (χ4n) is 2.22. The minimum atomic E-state index is -0.371. The Bertz CT molecular complexity index is 368. The molecule has 1 N–H and O–H groups in total. The van der Waals surface area contributed by atoms with Crippen LogP contribution in [0.25, 0.3) is 0 Å². The van der Waals surface area contributed by atoms with Gasteiger partial charge in [0.15, 0.2) is 0 Å². The number of rotatable bonds is 9. The van der Waals surface area contributed by atoms with Gasteiger partial charge >= 0.3 is 0 Å². The Balaban J connectivity index is 2.23. The standard InChI is InChI=1S/C16H24BrFO/c1-2-3-4-5-6-7-10-14(19)12-13-9-8-11-15(18)16(13)17/h8-9,11,14,19H,2-7,10,12H2,1H3. The molecular formula is C16H24BrFO. The van der Waals surface area contributed by atoms with E-state index in [0.717, 1.165) is 18.4 Å². The minimum Gasteiger partial charge on any atom is -0.393 e. The van der Waals surface area contributed by atoms with Crippen LogP contribution in [-0.4, -0.2) is 11.2 Å². The highest BCUT2D eigenvalue weighted by Gasteiger charge is 2.10. The molecule has 0 aromatic heterocycles. The molecule has 0 spiro atoms. The molecule has 1 rings (SSSR count). The average Bonchev–Trinajstić information content (AvgIpc) is 2.39. The second-order valence-corrected chi connectivity index (χ2v) is 5.92. The number of aliphatic hydroxyl groups is 1. The van der Waals surface area contributed by atoms with Crippen molar-refractivity contribution in [3.8, 4) is 0 Å². The molecule has 1 aromatic rings. The molecule has 0 heterocycles. The third kappa shape index (κ3) is 6.53. The van der Waals surface area contributed by atoms with Crippen molar-refractivity contribution in [1.82, 2.24) is 0 Å². The summed E-state index contributed by atoms with van der Waals surface area (Å²) in [6.45, 7) is 2.21. The zero-order chi connectivity index (χ0) is 14.1. The highest BCUT2D eigenvalue weighted by molar-refractivity contribution is 9.10. The van der Waals surface area contributed by atoms with E-state index in [-0.39, 0.29) is 11.9 Å². The van der Waals surface area contributed by atoms with E-state index in [0.29, 0.717) is 10.9 Å². The summed E-state index contributed by atoms with van der Waals surface area (Å²) >= 11 is 3.23. The highest BCUT2D eigenvalue weighted by Crippen LogP contribution is 2.22. The number of hydrogen-bond donors (Lipinski definition) is 1. The third-order valence-corrected chi connectivity index (χ3v) is 4.27. The number of aliphatic hydroxyl groups excluding tert-OH is 1. The summed E-state index contributed by atoms with van der Waals surface area (Å²) in [6.07, 6.45) is 8.30. The van der Waals surface area contributed by atoms with Gasteiger partial charge in [-0.15, -0.1) is 0 Å². The van der Waals surface area contributed by atoms with Gasteiger partial charge in [-0.2, -0.15) is 0 Å². The topological polar surface area (TPSA) is 20.2 Å². The van der Waals surface area contributed by atoms with Crippen molar-refractivity contribution in [3.63, 3.8) is 0 Å². The molecule has 0 aliphatic rings. The molecule has 1 atom stereocenters. The molecule has 0 saturated carbocycles. The summed E-state index contributed by atoms with van der Waals surface area (Å²) in [5, 5.41) is 9.98. The Kier molecular flexibility index (Phi) is 8.31. The van der Waals surface area contributed by atoms with E-state index >= 15 is 0 Å². The van der Waals surface area contributed by atoms with Gasteiger partial charge < -0.3 is 5.11 Å². The largest absolute Gasteiger partial charge is 0.393 e. The van der Waals surface area contributed by atoms with Crippen LogP contribution in [0.3, 0.4) is 0 Å². The van der Waals surface area contributed by atoms with E-state index < -0.39 is 0 Å². The molecule has 0 saturated heterocycles. The lowest BCUT2D eigenvalue weighted by molar-refractivity contribution is 0.160. The van der Waals surface area contributed by atoms with Crippen LogP contribution in [-0.2, 0) is 6.42 Å². The van der Waals surface area contributed by atoms with E-state index in [9.17, 15) is 9.50 Å². The zero-order valence-corrected chi connectivity index (χ0v) is 13.3. The van der Waals surface area contributed by atoms with Gasteiger partial charge in [-0.25, -0.2) is 4.39 Å². The van der Waals surface area contributed by atoms with Crippen LogP contribution in [0.2, 0.25) is 0 Å². The number of hydrogen-bond acceptors (Lipinski definition) is 1. The molecule has 0 fully saturated rings. The van der Waals surface area contributed by atoms with Crippen molar-refractivity contribution in [1.29, 1.82) is 0 Å². The lowest BCUT2D eigenvalue weighted by Crippen LogP contribution is -2.11. The quantitative estimate of drug-likeness (QED) is 0.613. The molecule has 1 unspecified atom stereocenters. The summed E-state index contributed by atoms with van der Waals surface area (Å²) < 4.78 is 13.8. The van der Waals surface area contributed by atoms with Gasteiger partial charge in [0.1, 0.15) is 5.82 Å². The van der Waals surface area contributed by atoms with Gasteiger partial charge in [-0.1, -0.05) is 57.6 Å². The van der Waals surface area contributed by atoms with Crippen molar-refractivity contribution in [2.24, 2.45) is 0 Å². The van der Waals surface area contributed by atoms with Crippen LogP contribution in [0.1, 0.15) is 57.4 Å². The van der Waals surface area contributed by atoms with Crippen LogP contribution in [0, 0.1) is 5.82 Å². The lowest BCUT2D eigenvalue weighted by atomic mass is 10.0. The van der Waals surface area contributed by atoms with Gasteiger partial charge in [0.05, 0.1) is 10.6 Å². The Morgan fingerprint density at radius 3 is 2.58 bits per heavy atom. The minimum absolute atomic E-state index is 0.260. The average molecular weight is 331 g/mol. The van der Waals surface area contributed by atoms with Crippen LogP contribution in [0.15, 0.2) is 22.7 Å². The second-order valence-electron chi connectivity index (χ2n) is 5.13. The van der Waals surface area contributed by atoms with Gasteiger partial charge in [0, 0.05) is 0 Å². The normalized spacial score (nSPS) is 12.6. The Morgan fingerprint density at radius 1 is 1.16 bits per heavy atom. The zero-order valence-electron chi connectivity index (χ0n) is 11.7. The molecular weight excluding hydrogens is 307 g/mol. The molecule has 3 heteroatoms. The van der Waals surface area contributed by atoms with E-state index in [4.69, 9.17) is 0 Å². The van der Waals surface area contributed by atoms with Gasteiger partial charge in [-0.3, -0.25) is 0 Å². The van der Waals surface area contributed by atoms with E-state index in [1.54, 1.807) is 6.07 Å². The van der Waals surface area contributed by atoms with Crippen molar-refractivity contribution >= 4 is 15.9 Å². The van der Waals surface area contributed by atoms with Crippen molar-refractivity contribution in [2.75, 3.05) is 0 Å². The number of benzene rings is 1. The number of unbranched alkanes of at least 4 members (excludes halogenated alkanes) is 5. The summed E-state index contributed by atoms with van der Waals surface area (Å²) in [5.41, 5.74) is 0.846. The molecule has 1 aromatic carbocycles. The molecule has 0 amide bonds. The maximum Gasteiger partial charge on any atom is 0.137 e. The predicted molar refractivity (Wildman–Crippen MR) is 81.8 cm³/mol. The molecule has 0 aliphatic heterocycles. The van der Waals surface area contributed by atoms with E-state index in [1.807, 2.05) is 6.07 Å². The summed E-state index contributed by atoms with van der Waals surface area (Å²) in [6, 6.07) is 4.97. The first kappa shape index (κ1) is 16.6. The molecule has 19 heavy (non-hydrogen) atoms. The predicted octanol–water partition coefficient (Wildman–Crippen LogP) is 5.24. The van der Waals surface area contributed by atoms with E-state index in [1.165, 1.54) is 38.2 Å². The van der Waals surface area contributed by atoms with Gasteiger partial charge in [-0.05, 0) is 40.4 Å². The summed E-state index contributed by atoms with van der Waals surface area (Å²) in [7, 11) is 0. The first-order valence-corrected chi connectivity index (χ1v) is 8.05. The van der Waals surface area contributed by atoms with Crippen LogP contribution < -0.4 is 0 Å². The Morgan fingerprint density at radius 2 is 1.84 bits per heavy atom. The monoisotopic (exact) mass is 330 g/mol. The summed E-state index contributed by atoms with van der Waals surface area (Å²) in [4.78, 5) is 0. The maximum atomic E-state index is 13.3. The lowest BCUT2D eigenvalue weighted by Gasteiger charge is -2.12. The summed E-state index contributed by atoms with van der Waals surface area (Å²) in [5.74, 6) is -0.260. The van der Waals surface area contributed by atoms with E-state index in [2.05, 4.69) is 22.9 Å². The first-order valence-electron chi connectivity index (χ1n) is 7.26. The van der Waals surface area contributed by atoms with Crippen LogP contribution in [0.5, 0.6) is 0 Å². The Hall–Kier alpha value is -0.410. The molecule has 0 aliphatic carbocycles. The molecule has 0 bridgehead atoms.